The molecule has 40 heavy (non-hydrogen) atoms. The van der Waals surface area contributed by atoms with Crippen LogP contribution >= 0.6 is 0 Å². The van der Waals surface area contributed by atoms with E-state index in [4.69, 9.17) is 4.74 Å². The third-order valence-corrected chi connectivity index (χ3v) is 7.28. The van der Waals surface area contributed by atoms with E-state index in [1.807, 2.05) is 5.32 Å². The number of hydrogen-bond acceptors (Lipinski definition) is 6. The summed E-state index contributed by atoms with van der Waals surface area (Å²) in [5.41, 5.74) is -0.400. The predicted octanol–water partition coefficient (Wildman–Crippen LogP) is 3.85. The van der Waals surface area contributed by atoms with Crippen molar-refractivity contribution in [2.24, 2.45) is 0 Å². The van der Waals surface area contributed by atoms with Crippen molar-refractivity contribution in [3.63, 3.8) is 0 Å². The first-order valence-corrected chi connectivity index (χ1v) is 12.9. The summed E-state index contributed by atoms with van der Waals surface area (Å²) in [6.45, 7) is 1.35. The SMILES string of the molecule is O=C(CC(F)(F)F)NC(C(=O)N1CCN2C[C@H](Oc3cnc(C4CC4)cn3)C[C@H]2C1)c1cccc(C(F)(F)F)c1. The zero-order chi connectivity index (χ0) is 28.7. The first kappa shape index (κ1) is 28.1. The maximum Gasteiger partial charge on any atom is 0.416 e. The number of carbonyl (C=O) groups is 2. The highest BCUT2D eigenvalue weighted by atomic mass is 19.4. The van der Waals surface area contributed by atoms with Gasteiger partial charge >= 0.3 is 12.4 Å². The Labute approximate surface area is 225 Å². The van der Waals surface area contributed by atoms with Crippen molar-refractivity contribution in [3.05, 3.63) is 53.5 Å². The number of rotatable bonds is 7. The second kappa shape index (κ2) is 10.9. The molecule has 2 saturated heterocycles. The van der Waals surface area contributed by atoms with E-state index in [9.17, 15) is 35.9 Å². The molecule has 1 aliphatic carbocycles. The van der Waals surface area contributed by atoms with E-state index in [1.54, 1.807) is 12.4 Å². The zero-order valence-corrected chi connectivity index (χ0v) is 21.2. The van der Waals surface area contributed by atoms with Crippen LogP contribution in [0.5, 0.6) is 5.88 Å². The number of carbonyl (C=O) groups excluding carboxylic acids is 2. The highest BCUT2D eigenvalue weighted by Crippen LogP contribution is 2.39. The molecule has 1 unspecified atom stereocenters. The third kappa shape index (κ3) is 6.83. The molecule has 2 aliphatic heterocycles. The highest BCUT2D eigenvalue weighted by Gasteiger charge is 2.41. The van der Waals surface area contributed by atoms with Gasteiger partial charge in [-0.2, -0.15) is 26.3 Å². The molecule has 3 aliphatic rings. The number of halogens is 6. The normalized spacial score (nSPS) is 22.5. The predicted molar refractivity (Wildman–Crippen MR) is 128 cm³/mol. The number of hydrogen-bond donors (Lipinski definition) is 1. The van der Waals surface area contributed by atoms with E-state index in [2.05, 4.69) is 14.9 Å². The molecule has 1 aromatic carbocycles. The number of piperazine rings is 1. The average molecular weight is 572 g/mol. The van der Waals surface area contributed by atoms with Crippen molar-refractivity contribution >= 4 is 11.8 Å². The first-order valence-electron chi connectivity index (χ1n) is 12.9. The molecule has 8 nitrogen and oxygen atoms in total. The fourth-order valence-corrected chi connectivity index (χ4v) is 5.19. The Morgan fingerprint density at radius 1 is 1.05 bits per heavy atom. The summed E-state index contributed by atoms with van der Waals surface area (Å²) in [5.74, 6) is -1.44. The van der Waals surface area contributed by atoms with E-state index in [0.717, 1.165) is 30.7 Å². The van der Waals surface area contributed by atoms with E-state index in [-0.39, 0.29) is 30.8 Å². The topological polar surface area (TPSA) is 87.7 Å². The number of ether oxygens (including phenoxy) is 1. The zero-order valence-electron chi connectivity index (χ0n) is 21.2. The van der Waals surface area contributed by atoms with Crippen LogP contribution in [0.2, 0.25) is 0 Å². The lowest BCUT2D eigenvalue weighted by Gasteiger charge is -2.38. The lowest BCUT2D eigenvalue weighted by molar-refractivity contribution is -0.156. The van der Waals surface area contributed by atoms with E-state index in [1.165, 1.54) is 11.0 Å². The van der Waals surface area contributed by atoms with Crippen LogP contribution in [-0.4, -0.2) is 76.1 Å². The minimum Gasteiger partial charge on any atom is -0.472 e. The van der Waals surface area contributed by atoms with Crippen molar-refractivity contribution in [2.45, 2.75) is 62.1 Å². The molecule has 0 spiro atoms. The van der Waals surface area contributed by atoms with Gasteiger partial charge in [0, 0.05) is 44.6 Å². The molecule has 5 rings (SSSR count). The van der Waals surface area contributed by atoms with Gasteiger partial charge in [0.2, 0.25) is 17.7 Å². The molecule has 2 aromatic rings. The average Bonchev–Trinajstić information content (AvgIpc) is 3.65. The summed E-state index contributed by atoms with van der Waals surface area (Å²) in [4.78, 5) is 37.8. The van der Waals surface area contributed by atoms with Crippen LogP contribution < -0.4 is 10.1 Å². The van der Waals surface area contributed by atoms with E-state index >= 15 is 0 Å². The lowest BCUT2D eigenvalue weighted by atomic mass is 10.0. The third-order valence-electron chi connectivity index (χ3n) is 7.28. The second-order valence-corrected chi connectivity index (χ2v) is 10.4. The summed E-state index contributed by atoms with van der Waals surface area (Å²) >= 11 is 0. The summed E-state index contributed by atoms with van der Waals surface area (Å²) in [5, 5.41) is 2.01. The van der Waals surface area contributed by atoms with Crippen molar-refractivity contribution in [3.8, 4) is 5.88 Å². The number of fused-ring (bicyclic) bond motifs is 1. The Hall–Kier alpha value is -3.42. The van der Waals surface area contributed by atoms with Crippen LogP contribution in [0.1, 0.15) is 54.5 Å². The van der Waals surface area contributed by atoms with Gasteiger partial charge in [-0.15, -0.1) is 0 Å². The molecule has 1 saturated carbocycles. The van der Waals surface area contributed by atoms with Crippen LogP contribution in [0.15, 0.2) is 36.7 Å². The Kier molecular flexibility index (Phi) is 7.64. The van der Waals surface area contributed by atoms with Gasteiger partial charge < -0.3 is 15.0 Å². The number of amides is 2. The number of nitrogens with zero attached hydrogens (tertiary/aromatic N) is 4. The van der Waals surface area contributed by atoms with E-state index in [0.29, 0.717) is 37.4 Å². The minimum atomic E-state index is -4.85. The van der Waals surface area contributed by atoms with Gasteiger partial charge in [-0.1, -0.05) is 12.1 Å². The van der Waals surface area contributed by atoms with E-state index < -0.39 is 42.2 Å². The largest absolute Gasteiger partial charge is 0.472 e. The Bertz CT molecular complexity index is 1230. The van der Waals surface area contributed by atoms with Gasteiger partial charge in [-0.05, 0) is 30.5 Å². The molecule has 0 bridgehead atoms. The summed E-state index contributed by atoms with van der Waals surface area (Å²) in [6, 6.07) is 1.82. The minimum absolute atomic E-state index is 0.144. The molecule has 3 heterocycles. The molecule has 0 radical (unpaired) electrons. The van der Waals surface area contributed by atoms with Crippen LogP contribution in [0.3, 0.4) is 0 Å². The summed E-state index contributed by atoms with van der Waals surface area (Å²) < 4.78 is 84.3. The van der Waals surface area contributed by atoms with Gasteiger partial charge in [0.15, 0.2) is 0 Å². The number of alkyl halides is 6. The Morgan fingerprint density at radius 3 is 2.48 bits per heavy atom. The smallest absolute Gasteiger partial charge is 0.416 e. The molecular formula is C26H27F6N5O3. The molecule has 2 amide bonds. The Morgan fingerprint density at radius 2 is 1.82 bits per heavy atom. The van der Waals surface area contributed by atoms with Gasteiger partial charge in [0.05, 0.1) is 23.7 Å². The maximum absolute atomic E-state index is 13.5. The monoisotopic (exact) mass is 571 g/mol. The molecule has 3 atom stereocenters. The number of aromatic nitrogens is 2. The molecule has 14 heteroatoms. The quantitative estimate of drug-likeness (QED) is 0.509. The van der Waals surface area contributed by atoms with Crippen LogP contribution in [0, 0.1) is 0 Å². The molecule has 1 N–H and O–H groups in total. The molecule has 1 aromatic heterocycles. The fourth-order valence-electron chi connectivity index (χ4n) is 5.19. The standard InChI is InChI=1S/C26H27F6N5O3/c27-25(28,29)10-21(38)35-23(16-2-1-3-17(8-16)26(30,31)32)24(39)37-7-6-36-14-19(9-18(36)13-37)40-22-12-33-20(11-34-22)15-4-5-15/h1-3,8,11-12,15,18-19,23H,4-7,9-10,13-14H2,(H,35,38)/t18-,19+,23?/m0/s1. The highest BCUT2D eigenvalue weighted by molar-refractivity contribution is 5.89. The summed E-state index contributed by atoms with van der Waals surface area (Å²) in [6.07, 6.45) is -5.66. The van der Waals surface area contributed by atoms with Crippen LogP contribution in [0.25, 0.3) is 0 Å². The van der Waals surface area contributed by atoms with Gasteiger partial charge in [-0.3, -0.25) is 19.5 Å². The van der Waals surface area contributed by atoms with Crippen molar-refractivity contribution in [1.29, 1.82) is 0 Å². The van der Waals surface area contributed by atoms with Gasteiger partial charge in [0.25, 0.3) is 0 Å². The van der Waals surface area contributed by atoms with Crippen molar-refractivity contribution in [1.82, 2.24) is 25.1 Å². The van der Waals surface area contributed by atoms with Gasteiger partial charge in [0.1, 0.15) is 18.6 Å². The molecule has 3 fully saturated rings. The number of nitrogens with one attached hydrogen (secondary N) is 1. The fraction of sp³-hybridized carbons (Fsp3) is 0.538. The molecule has 216 valence electrons. The second-order valence-electron chi connectivity index (χ2n) is 10.4. The summed E-state index contributed by atoms with van der Waals surface area (Å²) in [7, 11) is 0. The number of benzene rings is 1. The van der Waals surface area contributed by atoms with Crippen LogP contribution in [0.4, 0.5) is 26.3 Å². The molecular weight excluding hydrogens is 544 g/mol. The van der Waals surface area contributed by atoms with Crippen molar-refractivity contribution < 1.29 is 40.7 Å². The Balaban J connectivity index is 1.27. The maximum atomic E-state index is 13.5. The lowest BCUT2D eigenvalue weighted by Crippen LogP contribution is -2.54. The first-order chi connectivity index (χ1) is 18.9. The van der Waals surface area contributed by atoms with Gasteiger partial charge in [-0.25, -0.2) is 4.98 Å². The van der Waals surface area contributed by atoms with Crippen LogP contribution in [-0.2, 0) is 15.8 Å². The van der Waals surface area contributed by atoms with Crippen molar-refractivity contribution in [2.75, 3.05) is 26.2 Å².